The van der Waals surface area contributed by atoms with E-state index >= 15 is 0 Å². The zero-order valence-corrected chi connectivity index (χ0v) is 15.9. The fourth-order valence-corrected chi connectivity index (χ4v) is 4.02. The number of amides is 1. The third-order valence-corrected chi connectivity index (χ3v) is 6.40. The fraction of sp³-hybridized carbons (Fsp3) is 0.316. The summed E-state index contributed by atoms with van der Waals surface area (Å²) in [5, 5.41) is 0. The van der Waals surface area contributed by atoms with E-state index < -0.39 is 10.0 Å². The maximum atomic E-state index is 12.9. The number of carbonyl (C=O) groups excluding carboxylic acids is 1. The van der Waals surface area contributed by atoms with Gasteiger partial charge in [0.25, 0.3) is 5.91 Å². The lowest BCUT2D eigenvalue weighted by molar-refractivity contribution is 0.0731. The molecule has 0 fully saturated rings. The van der Waals surface area contributed by atoms with Crippen LogP contribution in [0.5, 0.6) is 5.75 Å². The largest absolute Gasteiger partial charge is 0.496 e. The van der Waals surface area contributed by atoms with E-state index in [1.807, 2.05) is 12.1 Å². The molecule has 0 saturated heterocycles. The molecule has 0 N–H and O–H groups in total. The van der Waals surface area contributed by atoms with Crippen molar-refractivity contribution >= 4 is 15.9 Å². The monoisotopic (exact) mass is 374 g/mol. The molecule has 2 aromatic carbocycles. The summed E-state index contributed by atoms with van der Waals surface area (Å²) in [6, 6.07) is 12.3. The average molecular weight is 374 g/mol. The van der Waals surface area contributed by atoms with Crippen LogP contribution >= 0.6 is 0 Å². The van der Waals surface area contributed by atoms with Crippen molar-refractivity contribution < 1.29 is 17.9 Å². The van der Waals surface area contributed by atoms with E-state index in [0.717, 1.165) is 11.1 Å². The Labute approximate surface area is 154 Å². The third-order valence-electron chi connectivity index (χ3n) is 4.59. The number of hydrogen-bond donors (Lipinski definition) is 0. The van der Waals surface area contributed by atoms with E-state index in [-0.39, 0.29) is 10.8 Å². The Balaban J connectivity index is 1.90. The molecule has 0 atom stereocenters. The summed E-state index contributed by atoms with van der Waals surface area (Å²) in [6.07, 6.45) is 0.693. The molecule has 7 heteroatoms. The predicted octanol–water partition coefficient (Wildman–Crippen LogP) is 2.14. The zero-order valence-electron chi connectivity index (χ0n) is 15.1. The molecule has 1 aliphatic heterocycles. The van der Waals surface area contributed by atoms with E-state index in [0.29, 0.717) is 30.8 Å². The molecule has 3 rings (SSSR count). The van der Waals surface area contributed by atoms with Gasteiger partial charge in [-0.3, -0.25) is 4.79 Å². The second-order valence-electron chi connectivity index (χ2n) is 6.39. The first-order chi connectivity index (χ1) is 12.3. The van der Waals surface area contributed by atoms with Gasteiger partial charge in [0.1, 0.15) is 5.75 Å². The van der Waals surface area contributed by atoms with Crippen molar-refractivity contribution in [2.24, 2.45) is 0 Å². The number of hydrogen-bond acceptors (Lipinski definition) is 4. The number of nitrogens with zero attached hydrogens (tertiary/aromatic N) is 2. The number of benzene rings is 2. The minimum Gasteiger partial charge on any atom is -0.496 e. The van der Waals surface area contributed by atoms with Gasteiger partial charge in [0.05, 0.1) is 17.6 Å². The van der Waals surface area contributed by atoms with Crippen LogP contribution in [0.2, 0.25) is 0 Å². The van der Waals surface area contributed by atoms with Crippen LogP contribution in [0.1, 0.15) is 21.5 Å². The van der Waals surface area contributed by atoms with Crippen LogP contribution in [0.4, 0.5) is 0 Å². The Morgan fingerprint density at radius 2 is 1.85 bits per heavy atom. The Kier molecular flexibility index (Phi) is 5.02. The highest BCUT2D eigenvalue weighted by atomic mass is 32.2. The minimum atomic E-state index is -3.50. The van der Waals surface area contributed by atoms with Gasteiger partial charge in [-0.2, -0.15) is 0 Å². The van der Waals surface area contributed by atoms with Gasteiger partial charge in [0.15, 0.2) is 0 Å². The second-order valence-corrected chi connectivity index (χ2v) is 8.55. The van der Waals surface area contributed by atoms with Gasteiger partial charge in [-0.1, -0.05) is 18.2 Å². The van der Waals surface area contributed by atoms with Gasteiger partial charge in [-0.15, -0.1) is 0 Å². The van der Waals surface area contributed by atoms with E-state index in [1.54, 1.807) is 35.2 Å². The fourth-order valence-electron chi connectivity index (χ4n) is 3.07. The Bertz CT molecular complexity index is 938. The number of rotatable bonds is 4. The van der Waals surface area contributed by atoms with Crippen molar-refractivity contribution in [1.29, 1.82) is 0 Å². The average Bonchev–Trinajstić information content (AvgIpc) is 2.66. The highest BCUT2D eigenvalue weighted by Crippen LogP contribution is 2.26. The normalized spacial score (nSPS) is 14.2. The number of para-hydroxylation sites is 1. The van der Waals surface area contributed by atoms with Gasteiger partial charge < -0.3 is 9.64 Å². The third kappa shape index (κ3) is 3.32. The molecular formula is C19H22N2O4S. The molecule has 0 bridgehead atoms. The molecule has 0 unspecified atom stereocenters. The highest BCUT2D eigenvalue weighted by molar-refractivity contribution is 7.89. The molecule has 0 radical (unpaired) electrons. The van der Waals surface area contributed by atoms with Crippen molar-refractivity contribution in [3.63, 3.8) is 0 Å². The second kappa shape index (κ2) is 7.09. The van der Waals surface area contributed by atoms with E-state index in [2.05, 4.69) is 0 Å². The van der Waals surface area contributed by atoms with Gasteiger partial charge in [-0.05, 0) is 41.8 Å². The first-order valence-electron chi connectivity index (χ1n) is 8.31. The van der Waals surface area contributed by atoms with Crippen LogP contribution in [0.3, 0.4) is 0 Å². The summed E-state index contributed by atoms with van der Waals surface area (Å²) in [5.41, 5.74) is 2.45. The van der Waals surface area contributed by atoms with E-state index in [1.165, 1.54) is 25.5 Å². The minimum absolute atomic E-state index is 0.117. The standard InChI is InChI=1S/C19H22N2O4S/c1-20(2)26(23,24)16-9-8-14-10-11-21(13-15(14)12-16)19(22)17-6-4-5-7-18(17)25-3/h4-9,12H,10-11,13H2,1-3H3. The summed E-state index contributed by atoms with van der Waals surface area (Å²) in [7, 11) is 1.05. The van der Waals surface area contributed by atoms with Crippen LogP contribution in [0, 0.1) is 0 Å². The molecule has 2 aromatic rings. The molecule has 0 aromatic heterocycles. The molecule has 26 heavy (non-hydrogen) atoms. The van der Waals surface area contributed by atoms with Gasteiger partial charge in [0, 0.05) is 27.2 Å². The maximum absolute atomic E-state index is 12.9. The summed E-state index contributed by atoms with van der Waals surface area (Å²) in [4.78, 5) is 14.9. The molecule has 138 valence electrons. The lowest BCUT2D eigenvalue weighted by Gasteiger charge is -2.30. The van der Waals surface area contributed by atoms with Gasteiger partial charge in [0.2, 0.25) is 10.0 Å². The van der Waals surface area contributed by atoms with Crippen molar-refractivity contribution in [3.8, 4) is 5.75 Å². The van der Waals surface area contributed by atoms with E-state index in [9.17, 15) is 13.2 Å². The lowest BCUT2D eigenvalue weighted by Crippen LogP contribution is -2.36. The zero-order chi connectivity index (χ0) is 18.9. The maximum Gasteiger partial charge on any atom is 0.257 e. The Morgan fingerprint density at radius 1 is 1.12 bits per heavy atom. The molecule has 6 nitrogen and oxygen atoms in total. The van der Waals surface area contributed by atoms with Crippen molar-refractivity contribution in [2.45, 2.75) is 17.9 Å². The van der Waals surface area contributed by atoms with E-state index in [4.69, 9.17) is 4.74 Å². The summed E-state index contributed by atoms with van der Waals surface area (Å²) in [6.45, 7) is 0.965. The molecule has 1 amide bonds. The van der Waals surface area contributed by atoms with Crippen LogP contribution in [0.25, 0.3) is 0 Å². The van der Waals surface area contributed by atoms with Crippen LogP contribution in [-0.4, -0.2) is 51.3 Å². The number of carbonyl (C=O) groups is 1. The van der Waals surface area contributed by atoms with Crippen LogP contribution in [-0.2, 0) is 23.0 Å². The Hall–Kier alpha value is -2.38. The summed E-state index contributed by atoms with van der Waals surface area (Å²) >= 11 is 0. The first kappa shape index (κ1) is 18.4. The topological polar surface area (TPSA) is 66.9 Å². The molecule has 0 saturated carbocycles. The summed E-state index contributed by atoms with van der Waals surface area (Å²) < 4.78 is 31.2. The van der Waals surface area contributed by atoms with Crippen molar-refractivity contribution in [1.82, 2.24) is 9.21 Å². The molecule has 0 spiro atoms. The quantitative estimate of drug-likeness (QED) is 0.822. The molecule has 1 heterocycles. The number of methoxy groups -OCH3 is 1. The predicted molar refractivity (Wildman–Crippen MR) is 98.8 cm³/mol. The van der Waals surface area contributed by atoms with Crippen molar-refractivity contribution in [2.75, 3.05) is 27.7 Å². The summed E-state index contributed by atoms with van der Waals surface area (Å²) in [5.74, 6) is 0.418. The SMILES string of the molecule is COc1ccccc1C(=O)N1CCc2ccc(S(=O)(=O)N(C)C)cc2C1. The first-order valence-corrected chi connectivity index (χ1v) is 9.75. The van der Waals surface area contributed by atoms with Crippen LogP contribution in [0.15, 0.2) is 47.4 Å². The number of ether oxygens (including phenoxy) is 1. The van der Waals surface area contributed by atoms with Crippen molar-refractivity contribution in [3.05, 3.63) is 59.2 Å². The highest BCUT2D eigenvalue weighted by Gasteiger charge is 2.26. The molecule has 0 aliphatic carbocycles. The van der Waals surface area contributed by atoms with Gasteiger partial charge >= 0.3 is 0 Å². The van der Waals surface area contributed by atoms with Gasteiger partial charge in [-0.25, -0.2) is 12.7 Å². The smallest absolute Gasteiger partial charge is 0.257 e. The number of fused-ring (bicyclic) bond motifs is 1. The molecule has 1 aliphatic rings. The van der Waals surface area contributed by atoms with Crippen LogP contribution < -0.4 is 4.74 Å². The number of sulfonamides is 1. The molecular weight excluding hydrogens is 352 g/mol. The lowest BCUT2D eigenvalue weighted by atomic mass is 9.99. The Morgan fingerprint density at radius 3 is 2.54 bits per heavy atom.